The van der Waals surface area contributed by atoms with Crippen LogP contribution in [0.3, 0.4) is 0 Å². The predicted molar refractivity (Wildman–Crippen MR) is 215 cm³/mol. The molecule has 0 rings (SSSR count). The van der Waals surface area contributed by atoms with Gasteiger partial charge in [0, 0.05) is 25.7 Å². The molecule has 0 aromatic carbocycles. The minimum absolute atomic E-state index is 0. The Hall–Kier alpha value is -2.55. The van der Waals surface area contributed by atoms with Crippen LogP contribution in [-0.4, -0.2) is 116 Å². The molecule has 0 aliphatic rings. The molecule has 0 saturated carbocycles. The number of nitrogens with two attached hydrogens (primary N) is 1. The summed E-state index contributed by atoms with van der Waals surface area (Å²) in [6.07, 6.45) is 16.9. The van der Waals surface area contributed by atoms with E-state index in [0.717, 1.165) is 51.4 Å². The molecule has 0 spiro atoms. The van der Waals surface area contributed by atoms with Gasteiger partial charge in [-0.2, -0.15) is 0 Å². The first kappa shape index (κ1) is 54.5. The van der Waals surface area contributed by atoms with Gasteiger partial charge in [0.2, 0.25) is 11.8 Å². The zero-order valence-corrected chi connectivity index (χ0v) is 33.3. The summed E-state index contributed by atoms with van der Waals surface area (Å²) in [7, 11) is 0. The van der Waals surface area contributed by atoms with E-state index in [2.05, 4.69) is 24.5 Å². The number of rotatable bonds is 36. The van der Waals surface area contributed by atoms with Crippen molar-refractivity contribution in [1.82, 2.24) is 15.5 Å². The molecular weight excluding hydrogens is 719 g/mol. The van der Waals surface area contributed by atoms with Crippen LogP contribution in [0, 0.1) is 0 Å². The summed E-state index contributed by atoms with van der Waals surface area (Å²) >= 11 is 0. The number of carbonyl (C=O) groups excluding carboxylic acids is 4. The first-order valence-electron chi connectivity index (χ1n) is 20.7. The SMILES string of the molecule is CCCCCCCCCCCC(=O)NC(CCC(=O)O)C(=O)N(C(=O)C(CCC(=O)O)NC(=O)CCCCCCCCCCC)C(CCCCN)C(=O)O.[NaH]. The van der Waals surface area contributed by atoms with E-state index in [-0.39, 0.29) is 61.8 Å². The molecule has 0 fully saturated rings. The molecule has 0 aromatic heterocycles. The van der Waals surface area contributed by atoms with Crippen LogP contribution in [0.4, 0.5) is 0 Å². The van der Waals surface area contributed by atoms with Crippen molar-refractivity contribution in [3.63, 3.8) is 0 Å². The number of unbranched alkanes of at least 4 members (excludes halogenated alkanes) is 17. The maximum atomic E-state index is 14.2. The van der Waals surface area contributed by atoms with E-state index < -0.39 is 85.3 Å². The van der Waals surface area contributed by atoms with Gasteiger partial charge < -0.3 is 31.7 Å². The van der Waals surface area contributed by atoms with E-state index in [4.69, 9.17) is 5.73 Å². The molecule has 0 heterocycles. The van der Waals surface area contributed by atoms with Gasteiger partial charge >= 0.3 is 47.5 Å². The number of hydrogen-bond donors (Lipinski definition) is 6. The van der Waals surface area contributed by atoms with Crippen molar-refractivity contribution < 1.29 is 48.9 Å². The molecule has 0 aromatic rings. The Bertz CT molecular complexity index is 1040. The number of imide groups is 1. The predicted octanol–water partition coefficient (Wildman–Crippen LogP) is 5.82. The van der Waals surface area contributed by atoms with Crippen LogP contribution in [0.15, 0.2) is 0 Å². The fraction of sp³-hybridized carbons (Fsp3) is 0.825. The topological polar surface area (TPSA) is 233 Å². The normalized spacial score (nSPS) is 12.5. The number of hydrogen-bond acceptors (Lipinski definition) is 8. The van der Waals surface area contributed by atoms with Crippen molar-refractivity contribution in [3.05, 3.63) is 0 Å². The number of nitrogens with zero attached hydrogens (tertiary/aromatic N) is 1. The summed E-state index contributed by atoms with van der Waals surface area (Å²) in [5.74, 6) is -7.39. The summed E-state index contributed by atoms with van der Waals surface area (Å²) < 4.78 is 0. The van der Waals surface area contributed by atoms with Crippen LogP contribution >= 0.6 is 0 Å². The van der Waals surface area contributed by atoms with Gasteiger partial charge in [-0.25, -0.2) is 4.79 Å². The summed E-state index contributed by atoms with van der Waals surface area (Å²) in [4.78, 5) is 90.7. The second kappa shape index (κ2) is 35.8. The molecule has 4 amide bonds. The van der Waals surface area contributed by atoms with Gasteiger partial charge in [-0.15, -0.1) is 0 Å². The summed E-state index contributed by atoms with van der Waals surface area (Å²) in [5.41, 5.74) is 5.61. The first-order chi connectivity index (χ1) is 25.9. The molecule has 14 nitrogen and oxygen atoms in total. The van der Waals surface area contributed by atoms with Gasteiger partial charge in [-0.05, 0) is 51.5 Å². The number of carboxylic acid groups (broad SMARTS) is 3. The summed E-state index contributed by atoms with van der Waals surface area (Å²) in [6.45, 7) is 4.54. The first-order valence-corrected chi connectivity index (χ1v) is 20.7. The van der Waals surface area contributed by atoms with Gasteiger partial charge in [-0.1, -0.05) is 117 Å². The molecule has 0 saturated heterocycles. The fourth-order valence-corrected chi connectivity index (χ4v) is 6.37. The van der Waals surface area contributed by atoms with E-state index in [1.54, 1.807) is 0 Å². The molecule has 7 N–H and O–H groups in total. The molecular formula is C40H73N4NaO10. The van der Waals surface area contributed by atoms with Crippen molar-refractivity contribution in [1.29, 1.82) is 0 Å². The van der Waals surface area contributed by atoms with Crippen LogP contribution in [0.1, 0.15) is 187 Å². The summed E-state index contributed by atoms with van der Waals surface area (Å²) in [5, 5.41) is 34.2. The fourth-order valence-electron chi connectivity index (χ4n) is 6.37. The third-order valence-electron chi connectivity index (χ3n) is 9.58. The van der Waals surface area contributed by atoms with Crippen molar-refractivity contribution in [2.75, 3.05) is 6.54 Å². The minimum atomic E-state index is -1.74. The third-order valence-corrected chi connectivity index (χ3v) is 9.58. The summed E-state index contributed by atoms with van der Waals surface area (Å²) in [6, 6.07) is -4.84. The Morgan fingerprint density at radius 1 is 0.491 bits per heavy atom. The van der Waals surface area contributed by atoms with Gasteiger partial charge in [0.1, 0.15) is 18.1 Å². The van der Waals surface area contributed by atoms with Gasteiger partial charge in [0.25, 0.3) is 11.8 Å². The zero-order valence-electron chi connectivity index (χ0n) is 33.3. The molecule has 3 unspecified atom stereocenters. The average molecular weight is 793 g/mol. The Labute approximate surface area is 351 Å². The maximum absolute atomic E-state index is 14.2. The molecule has 0 aliphatic carbocycles. The van der Waals surface area contributed by atoms with E-state index in [9.17, 15) is 48.9 Å². The van der Waals surface area contributed by atoms with E-state index in [0.29, 0.717) is 24.2 Å². The van der Waals surface area contributed by atoms with Crippen molar-refractivity contribution in [2.45, 2.75) is 205 Å². The van der Waals surface area contributed by atoms with E-state index in [1.165, 1.54) is 51.4 Å². The van der Waals surface area contributed by atoms with E-state index in [1.807, 2.05) is 0 Å². The second-order valence-corrected chi connectivity index (χ2v) is 14.4. The Morgan fingerprint density at radius 2 is 0.836 bits per heavy atom. The number of amides is 4. The van der Waals surface area contributed by atoms with Crippen LogP contribution in [0.25, 0.3) is 0 Å². The molecule has 55 heavy (non-hydrogen) atoms. The van der Waals surface area contributed by atoms with E-state index >= 15 is 0 Å². The van der Waals surface area contributed by atoms with Gasteiger partial charge in [0.05, 0.1) is 0 Å². The number of aliphatic carboxylic acids is 3. The zero-order chi connectivity index (χ0) is 40.6. The van der Waals surface area contributed by atoms with Gasteiger partial charge in [0.15, 0.2) is 0 Å². The Morgan fingerprint density at radius 3 is 1.15 bits per heavy atom. The molecule has 0 bridgehead atoms. The molecule has 15 heteroatoms. The average Bonchev–Trinajstić information content (AvgIpc) is 3.12. The number of nitrogens with one attached hydrogen (secondary N) is 2. The Kier molecular flexibility index (Phi) is 35.5. The van der Waals surface area contributed by atoms with Crippen molar-refractivity contribution in [3.8, 4) is 0 Å². The van der Waals surface area contributed by atoms with Crippen LogP contribution in [0.5, 0.6) is 0 Å². The second-order valence-electron chi connectivity index (χ2n) is 14.4. The van der Waals surface area contributed by atoms with Crippen molar-refractivity contribution >= 4 is 71.1 Å². The van der Waals surface area contributed by atoms with Crippen LogP contribution in [0.2, 0.25) is 0 Å². The standard InChI is InChI=1S/C40H72N4O10.Na.H/c1-3-5-7-9-11-13-15-17-19-24-34(45)42-31(26-28-36(47)48)38(51)44(33(40(53)54)23-21-22-30-41)39(52)32(27-29-37(49)50)43-35(46)25-20-18-16-14-12-10-8-6-4-2;;/h31-33H,3-30,41H2,1-2H3,(H,42,45)(H,43,46)(H,47,48)(H,49,50)(H,53,54);;. The van der Waals surface area contributed by atoms with Crippen LogP contribution < -0.4 is 16.4 Å². The third kappa shape index (κ3) is 28.5. The monoisotopic (exact) mass is 793 g/mol. The number of carbonyl (C=O) groups is 7. The van der Waals surface area contributed by atoms with Crippen molar-refractivity contribution in [2.24, 2.45) is 5.73 Å². The molecule has 3 atom stereocenters. The molecule has 0 aliphatic heterocycles. The number of carboxylic acids is 3. The molecule has 314 valence electrons. The van der Waals surface area contributed by atoms with Gasteiger partial charge in [-0.3, -0.25) is 33.7 Å². The van der Waals surface area contributed by atoms with Crippen LogP contribution in [-0.2, 0) is 33.6 Å². The quantitative estimate of drug-likeness (QED) is 0.0327. The Balaban J connectivity index is 0. The molecule has 0 radical (unpaired) electrons.